The van der Waals surface area contributed by atoms with Gasteiger partial charge in [0, 0.05) is 13.1 Å². The van der Waals surface area contributed by atoms with Gasteiger partial charge in [-0.05, 0) is 24.6 Å². The minimum atomic E-state index is -4.39. The van der Waals surface area contributed by atoms with Crippen LogP contribution in [-0.4, -0.2) is 56.7 Å². The summed E-state index contributed by atoms with van der Waals surface area (Å²) in [5, 5.41) is 3.14. The first-order chi connectivity index (χ1) is 12.8. The van der Waals surface area contributed by atoms with Crippen LogP contribution in [0.2, 0.25) is 0 Å². The van der Waals surface area contributed by atoms with Crippen molar-refractivity contribution in [2.24, 2.45) is 4.99 Å². The monoisotopic (exact) mass is 387 g/mol. The molecule has 0 saturated carbocycles. The van der Waals surface area contributed by atoms with Gasteiger partial charge in [-0.25, -0.2) is 0 Å². The lowest BCUT2D eigenvalue weighted by Gasteiger charge is -2.35. The Hall–Kier alpha value is -2.29. The summed E-state index contributed by atoms with van der Waals surface area (Å²) in [5.74, 6) is 0.250. The number of benzene rings is 1. The second-order valence-electron chi connectivity index (χ2n) is 5.99. The third-order valence-corrected chi connectivity index (χ3v) is 4.09. The van der Waals surface area contributed by atoms with Crippen LogP contribution < -0.4 is 5.32 Å². The molecular formula is C18H24F3N3O3. The number of guanidine groups is 1. The fraction of sp³-hybridized carbons (Fsp3) is 0.556. The van der Waals surface area contributed by atoms with E-state index in [0.29, 0.717) is 37.8 Å². The molecule has 150 valence electrons. The Labute approximate surface area is 156 Å². The largest absolute Gasteiger partial charge is 0.469 e. The second-order valence-corrected chi connectivity index (χ2v) is 5.99. The number of hydrogen-bond donors (Lipinski definition) is 1. The third-order valence-electron chi connectivity index (χ3n) is 4.09. The topological polar surface area (TPSA) is 63.2 Å². The molecule has 1 aromatic rings. The Kier molecular flexibility index (Phi) is 7.46. The summed E-state index contributed by atoms with van der Waals surface area (Å²) < 4.78 is 49.1. The smallest absolute Gasteiger partial charge is 0.416 e. The fourth-order valence-electron chi connectivity index (χ4n) is 2.74. The maximum absolute atomic E-state index is 13.0. The van der Waals surface area contributed by atoms with Gasteiger partial charge in [-0.15, -0.1) is 0 Å². The Morgan fingerprint density at radius 1 is 1.44 bits per heavy atom. The number of carbonyl (C=O) groups excluding carboxylic acids is 1. The second kappa shape index (κ2) is 9.59. The van der Waals surface area contributed by atoms with Crippen LogP contribution in [0.4, 0.5) is 13.2 Å². The van der Waals surface area contributed by atoms with E-state index in [4.69, 9.17) is 4.74 Å². The van der Waals surface area contributed by atoms with Crippen molar-refractivity contribution in [2.45, 2.75) is 25.6 Å². The van der Waals surface area contributed by atoms with Crippen molar-refractivity contribution in [3.63, 3.8) is 0 Å². The summed E-state index contributed by atoms with van der Waals surface area (Å²) in [5.41, 5.74) is -0.223. The Bertz CT molecular complexity index is 665. The van der Waals surface area contributed by atoms with E-state index < -0.39 is 17.8 Å². The molecule has 0 amide bonds. The van der Waals surface area contributed by atoms with Gasteiger partial charge in [-0.1, -0.05) is 12.1 Å². The highest BCUT2D eigenvalue weighted by atomic mass is 19.4. The standard InChI is InChI=1S/C18H24F3N3O3/c1-3-22-17(23-8-7-16(25)26-2)24-9-10-27-15(12-24)13-5-4-6-14(11-13)18(19,20)21/h4-6,11,15H,3,7-10,12H2,1-2H3,(H,22,23). The molecule has 0 bridgehead atoms. The van der Waals surface area contributed by atoms with Crippen LogP contribution in [-0.2, 0) is 20.4 Å². The van der Waals surface area contributed by atoms with E-state index in [1.807, 2.05) is 11.8 Å². The first-order valence-corrected chi connectivity index (χ1v) is 8.74. The number of morpholine rings is 1. The van der Waals surface area contributed by atoms with Crippen molar-refractivity contribution < 1.29 is 27.4 Å². The van der Waals surface area contributed by atoms with Crippen molar-refractivity contribution in [3.8, 4) is 0 Å². The highest BCUT2D eigenvalue weighted by Crippen LogP contribution is 2.32. The van der Waals surface area contributed by atoms with Gasteiger partial charge < -0.3 is 19.7 Å². The van der Waals surface area contributed by atoms with Crippen LogP contribution in [0.5, 0.6) is 0 Å². The van der Waals surface area contributed by atoms with Gasteiger partial charge >= 0.3 is 12.1 Å². The number of halogens is 3. The summed E-state index contributed by atoms with van der Waals surface area (Å²) in [6.45, 7) is 4.09. The Balaban J connectivity index is 2.11. The summed E-state index contributed by atoms with van der Waals surface area (Å²) in [4.78, 5) is 17.6. The van der Waals surface area contributed by atoms with Gasteiger partial charge in [0.25, 0.3) is 0 Å². The third kappa shape index (κ3) is 6.13. The van der Waals surface area contributed by atoms with Gasteiger partial charge in [0.15, 0.2) is 5.96 Å². The van der Waals surface area contributed by atoms with Crippen LogP contribution in [0.3, 0.4) is 0 Å². The molecule has 1 fully saturated rings. The molecule has 27 heavy (non-hydrogen) atoms. The number of alkyl halides is 3. The molecule has 0 aromatic heterocycles. The minimum absolute atomic E-state index is 0.160. The number of methoxy groups -OCH3 is 1. The van der Waals surface area contributed by atoms with Crippen molar-refractivity contribution in [1.82, 2.24) is 10.2 Å². The molecule has 1 heterocycles. The Morgan fingerprint density at radius 3 is 2.89 bits per heavy atom. The molecule has 0 radical (unpaired) electrons. The van der Waals surface area contributed by atoms with Crippen molar-refractivity contribution in [3.05, 3.63) is 35.4 Å². The number of nitrogens with zero attached hydrogens (tertiary/aromatic N) is 2. The summed E-state index contributed by atoms with van der Waals surface area (Å²) in [6, 6.07) is 5.18. The molecular weight excluding hydrogens is 363 g/mol. The summed E-state index contributed by atoms with van der Waals surface area (Å²) >= 11 is 0. The van der Waals surface area contributed by atoms with E-state index in [1.165, 1.54) is 13.2 Å². The maximum Gasteiger partial charge on any atom is 0.416 e. The number of esters is 1. The van der Waals surface area contributed by atoms with Crippen LogP contribution >= 0.6 is 0 Å². The molecule has 1 aromatic carbocycles. The minimum Gasteiger partial charge on any atom is -0.469 e. The number of nitrogens with one attached hydrogen (secondary N) is 1. The molecule has 1 saturated heterocycles. The van der Waals surface area contributed by atoms with E-state index in [2.05, 4.69) is 15.0 Å². The number of hydrogen-bond acceptors (Lipinski definition) is 4. The quantitative estimate of drug-likeness (QED) is 0.478. The molecule has 1 atom stereocenters. The van der Waals surface area contributed by atoms with Gasteiger partial charge in [0.1, 0.15) is 6.10 Å². The van der Waals surface area contributed by atoms with E-state index in [1.54, 1.807) is 6.07 Å². The highest BCUT2D eigenvalue weighted by molar-refractivity contribution is 5.80. The maximum atomic E-state index is 13.0. The van der Waals surface area contributed by atoms with Gasteiger partial charge in [-0.3, -0.25) is 9.79 Å². The van der Waals surface area contributed by atoms with Crippen LogP contribution in [0, 0.1) is 0 Å². The van der Waals surface area contributed by atoms with Crippen molar-refractivity contribution in [1.29, 1.82) is 0 Å². The first kappa shape index (κ1) is 21.0. The van der Waals surface area contributed by atoms with E-state index in [0.717, 1.165) is 12.1 Å². The average molecular weight is 387 g/mol. The molecule has 9 heteroatoms. The van der Waals surface area contributed by atoms with Crippen LogP contribution in [0.25, 0.3) is 0 Å². The zero-order valence-corrected chi connectivity index (χ0v) is 15.4. The highest BCUT2D eigenvalue weighted by Gasteiger charge is 2.32. The van der Waals surface area contributed by atoms with Gasteiger partial charge in [0.2, 0.25) is 0 Å². The lowest BCUT2D eigenvalue weighted by Crippen LogP contribution is -2.48. The zero-order chi connectivity index (χ0) is 19.9. The first-order valence-electron chi connectivity index (χ1n) is 8.74. The average Bonchev–Trinajstić information content (AvgIpc) is 2.66. The normalized spacial score (nSPS) is 18.3. The molecule has 2 rings (SSSR count). The number of ether oxygens (including phenoxy) is 2. The lowest BCUT2D eigenvalue weighted by atomic mass is 10.0. The Morgan fingerprint density at radius 2 is 2.22 bits per heavy atom. The van der Waals surface area contributed by atoms with Crippen LogP contribution in [0.15, 0.2) is 29.3 Å². The predicted octanol–water partition coefficient (Wildman–Crippen LogP) is 2.61. The predicted molar refractivity (Wildman–Crippen MR) is 94.3 cm³/mol. The number of carbonyl (C=O) groups is 1. The molecule has 1 aliphatic rings. The molecule has 0 aliphatic carbocycles. The lowest BCUT2D eigenvalue weighted by molar-refractivity contribution is -0.140. The van der Waals surface area contributed by atoms with E-state index >= 15 is 0 Å². The molecule has 1 unspecified atom stereocenters. The molecule has 0 spiro atoms. The van der Waals surface area contributed by atoms with E-state index in [-0.39, 0.29) is 18.9 Å². The molecule has 1 aliphatic heterocycles. The summed E-state index contributed by atoms with van der Waals surface area (Å²) in [7, 11) is 1.32. The van der Waals surface area contributed by atoms with Gasteiger partial charge in [0.05, 0.1) is 38.8 Å². The van der Waals surface area contributed by atoms with Crippen molar-refractivity contribution >= 4 is 11.9 Å². The fourth-order valence-corrected chi connectivity index (χ4v) is 2.74. The van der Waals surface area contributed by atoms with Crippen molar-refractivity contribution in [2.75, 3.05) is 39.9 Å². The van der Waals surface area contributed by atoms with E-state index in [9.17, 15) is 18.0 Å². The molecule has 6 nitrogen and oxygen atoms in total. The summed E-state index contributed by atoms with van der Waals surface area (Å²) in [6.07, 6.45) is -4.73. The zero-order valence-electron chi connectivity index (χ0n) is 15.4. The number of rotatable bonds is 5. The van der Waals surface area contributed by atoms with Crippen LogP contribution in [0.1, 0.15) is 30.6 Å². The molecule has 1 N–H and O–H groups in total. The SMILES string of the molecule is CCNC(=NCCC(=O)OC)N1CCOC(c2cccc(C(F)(F)F)c2)C1. The number of aliphatic imine (C=N–C) groups is 1. The van der Waals surface area contributed by atoms with Gasteiger partial charge in [-0.2, -0.15) is 13.2 Å².